The maximum Gasteiger partial charge on any atom is 0.269 e. The van der Waals surface area contributed by atoms with Crippen LogP contribution in [-0.4, -0.2) is 24.3 Å². The van der Waals surface area contributed by atoms with Crippen LogP contribution in [-0.2, 0) is 22.4 Å². The second kappa shape index (κ2) is 9.09. The molecule has 1 fully saturated rings. The van der Waals surface area contributed by atoms with E-state index in [9.17, 15) is 14.4 Å². The molecule has 0 bridgehead atoms. The van der Waals surface area contributed by atoms with E-state index in [2.05, 4.69) is 24.7 Å². The number of nitrogens with zero attached hydrogens (tertiary/aromatic N) is 1. The zero-order chi connectivity index (χ0) is 21.0. The highest BCUT2D eigenvalue weighted by Gasteiger charge is 2.36. The lowest BCUT2D eigenvalue weighted by Gasteiger charge is -2.23. The summed E-state index contributed by atoms with van der Waals surface area (Å²) in [6.07, 6.45) is 1.73. The van der Waals surface area contributed by atoms with E-state index in [1.54, 1.807) is 29.2 Å². The minimum Gasteiger partial charge on any atom is -0.311 e. The molecule has 6 nitrogen and oxygen atoms in total. The number of hydrogen-bond acceptors (Lipinski definition) is 3. The van der Waals surface area contributed by atoms with E-state index in [0.717, 1.165) is 29.7 Å². The van der Waals surface area contributed by atoms with Crippen LogP contribution in [0.5, 0.6) is 0 Å². The van der Waals surface area contributed by atoms with Crippen LogP contribution in [0.15, 0.2) is 42.5 Å². The first kappa shape index (κ1) is 20.9. The number of amides is 3. The molecule has 0 aromatic heterocycles. The lowest BCUT2D eigenvalue weighted by atomic mass is 10.0. The van der Waals surface area contributed by atoms with Gasteiger partial charge in [-0.15, -0.1) is 0 Å². The minimum atomic E-state index is -0.525. The molecule has 1 saturated heterocycles. The van der Waals surface area contributed by atoms with Gasteiger partial charge in [0.2, 0.25) is 11.8 Å². The summed E-state index contributed by atoms with van der Waals surface area (Å²) >= 11 is 5.81. The van der Waals surface area contributed by atoms with Crippen molar-refractivity contribution in [1.29, 1.82) is 0 Å². The van der Waals surface area contributed by atoms with Crippen molar-refractivity contribution in [3.63, 3.8) is 0 Å². The Bertz CT molecular complexity index is 905. The van der Waals surface area contributed by atoms with Gasteiger partial charge in [-0.25, -0.2) is 0 Å². The number of carbonyl (C=O) groups is 3. The van der Waals surface area contributed by atoms with Crippen LogP contribution >= 0.6 is 11.6 Å². The van der Waals surface area contributed by atoms with Gasteiger partial charge < -0.3 is 4.90 Å². The van der Waals surface area contributed by atoms with Gasteiger partial charge >= 0.3 is 0 Å². The van der Waals surface area contributed by atoms with Crippen LogP contribution in [0, 0.1) is 5.92 Å². The van der Waals surface area contributed by atoms with Gasteiger partial charge in [-0.1, -0.05) is 43.6 Å². The van der Waals surface area contributed by atoms with Crippen molar-refractivity contribution in [2.24, 2.45) is 5.92 Å². The summed E-state index contributed by atoms with van der Waals surface area (Å²) in [4.78, 5) is 39.1. The number of hydrazine groups is 1. The third kappa shape index (κ3) is 4.59. The summed E-state index contributed by atoms with van der Waals surface area (Å²) in [5.41, 5.74) is 8.32. The van der Waals surface area contributed by atoms with Crippen molar-refractivity contribution in [3.8, 4) is 0 Å². The van der Waals surface area contributed by atoms with E-state index in [1.165, 1.54) is 0 Å². The molecule has 0 unspecified atom stereocenters. The summed E-state index contributed by atoms with van der Waals surface area (Å²) in [7, 11) is 0. The molecule has 0 aliphatic carbocycles. The van der Waals surface area contributed by atoms with Crippen LogP contribution in [0.25, 0.3) is 0 Å². The monoisotopic (exact) mass is 413 g/mol. The van der Waals surface area contributed by atoms with Gasteiger partial charge in [0.15, 0.2) is 0 Å². The number of anilines is 1. The molecule has 2 N–H and O–H groups in total. The SMILES string of the molecule is CCc1cccc(CC)c1N1C[C@@H](C(=O)NNC(=O)c2ccc(Cl)cc2)CC1=O. The second-order valence-electron chi connectivity index (χ2n) is 6.99. The predicted octanol–water partition coefficient (Wildman–Crippen LogP) is 3.28. The third-order valence-corrected chi connectivity index (χ3v) is 5.39. The molecule has 0 radical (unpaired) electrons. The second-order valence-corrected chi connectivity index (χ2v) is 7.42. The Balaban J connectivity index is 1.66. The van der Waals surface area contributed by atoms with E-state index in [4.69, 9.17) is 11.6 Å². The highest BCUT2D eigenvalue weighted by Crippen LogP contribution is 2.32. The molecular weight excluding hydrogens is 390 g/mol. The van der Waals surface area contributed by atoms with Gasteiger partial charge in [-0.2, -0.15) is 0 Å². The van der Waals surface area contributed by atoms with Gasteiger partial charge in [-0.05, 0) is 48.2 Å². The Morgan fingerprint density at radius 3 is 2.24 bits per heavy atom. The third-order valence-electron chi connectivity index (χ3n) is 5.14. The van der Waals surface area contributed by atoms with E-state index < -0.39 is 11.8 Å². The molecule has 2 aromatic rings. The number of para-hydroxylation sites is 1. The number of hydrogen-bond donors (Lipinski definition) is 2. The lowest BCUT2D eigenvalue weighted by Crippen LogP contribution is -2.45. The van der Waals surface area contributed by atoms with Crippen LogP contribution in [0.3, 0.4) is 0 Å². The zero-order valence-electron chi connectivity index (χ0n) is 16.5. The van der Waals surface area contributed by atoms with Crippen LogP contribution in [0.2, 0.25) is 5.02 Å². The van der Waals surface area contributed by atoms with Gasteiger partial charge in [0.1, 0.15) is 0 Å². The summed E-state index contributed by atoms with van der Waals surface area (Å²) in [6, 6.07) is 12.4. The smallest absolute Gasteiger partial charge is 0.269 e. The molecule has 1 aliphatic rings. The van der Waals surface area contributed by atoms with Crippen molar-refractivity contribution in [2.75, 3.05) is 11.4 Å². The largest absolute Gasteiger partial charge is 0.311 e. The predicted molar refractivity (Wildman–Crippen MR) is 113 cm³/mol. The average Bonchev–Trinajstić information content (AvgIpc) is 3.12. The zero-order valence-corrected chi connectivity index (χ0v) is 17.3. The fourth-order valence-electron chi connectivity index (χ4n) is 3.55. The minimum absolute atomic E-state index is 0.0789. The van der Waals surface area contributed by atoms with Gasteiger partial charge in [0.05, 0.1) is 5.92 Å². The Morgan fingerprint density at radius 2 is 1.66 bits per heavy atom. The molecule has 152 valence electrons. The summed E-state index contributed by atoms with van der Waals surface area (Å²) in [5, 5.41) is 0.522. The van der Waals surface area contributed by atoms with E-state index in [0.29, 0.717) is 17.1 Å². The molecule has 3 rings (SSSR count). The lowest BCUT2D eigenvalue weighted by molar-refractivity contribution is -0.126. The topological polar surface area (TPSA) is 78.5 Å². The fourth-order valence-corrected chi connectivity index (χ4v) is 3.68. The molecule has 1 aliphatic heterocycles. The van der Waals surface area contributed by atoms with Crippen molar-refractivity contribution >= 4 is 35.0 Å². The quantitative estimate of drug-likeness (QED) is 0.738. The van der Waals surface area contributed by atoms with Gasteiger partial charge in [0, 0.05) is 29.2 Å². The summed E-state index contributed by atoms with van der Waals surface area (Å²) in [6.45, 7) is 4.40. The Morgan fingerprint density at radius 1 is 1.03 bits per heavy atom. The molecule has 3 amide bonds. The molecule has 29 heavy (non-hydrogen) atoms. The fraction of sp³-hybridized carbons (Fsp3) is 0.318. The number of halogens is 1. The molecule has 2 aromatic carbocycles. The number of nitrogens with one attached hydrogen (secondary N) is 2. The molecule has 0 spiro atoms. The van der Waals surface area contributed by atoms with E-state index in [-0.39, 0.29) is 18.2 Å². The van der Waals surface area contributed by atoms with Crippen molar-refractivity contribution in [3.05, 3.63) is 64.2 Å². The summed E-state index contributed by atoms with van der Waals surface area (Å²) in [5.74, 6) is -1.43. The average molecular weight is 414 g/mol. The van der Waals surface area contributed by atoms with Crippen molar-refractivity contribution in [2.45, 2.75) is 33.1 Å². The number of benzene rings is 2. The van der Waals surface area contributed by atoms with E-state index >= 15 is 0 Å². The van der Waals surface area contributed by atoms with Crippen LogP contribution < -0.4 is 15.8 Å². The Labute approximate surface area is 175 Å². The Kier molecular flexibility index (Phi) is 6.54. The van der Waals surface area contributed by atoms with Crippen LogP contribution in [0.4, 0.5) is 5.69 Å². The molecular formula is C22H24ClN3O3. The van der Waals surface area contributed by atoms with Crippen molar-refractivity contribution in [1.82, 2.24) is 10.9 Å². The van der Waals surface area contributed by atoms with Crippen molar-refractivity contribution < 1.29 is 14.4 Å². The number of rotatable bonds is 5. The van der Waals surface area contributed by atoms with Crippen LogP contribution in [0.1, 0.15) is 41.8 Å². The molecule has 1 atom stereocenters. The number of carbonyl (C=O) groups excluding carboxylic acids is 3. The molecule has 0 saturated carbocycles. The normalized spacial score (nSPS) is 16.0. The molecule has 7 heteroatoms. The van der Waals surface area contributed by atoms with Gasteiger partial charge in [0.25, 0.3) is 5.91 Å². The van der Waals surface area contributed by atoms with Gasteiger partial charge in [-0.3, -0.25) is 25.2 Å². The van der Waals surface area contributed by atoms with E-state index in [1.807, 2.05) is 18.2 Å². The number of aryl methyl sites for hydroxylation is 2. The first-order chi connectivity index (χ1) is 13.9. The molecule has 1 heterocycles. The Hall–Kier alpha value is -2.86. The highest BCUT2D eigenvalue weighted by molar-refractivity contribution is 6.30. The maximum atomic E-state index is 12.7. The first-order valence-corrected chi connectivity index (χ1v) is 10.1. The summed E-state index contributed by atoms with van der Waals surface area (Å²) < 4.78 is 0. The first-order valence-electron chi connectivity index (χ1n) is 9.71. The standard InChI is InChI=1S/C22H24ClN3O3/c1-3-14-6-5-7-15(4-2)20(14)26-13-17(12-19(26)27)22(29)25-24-21(28)16-8-10-18(23)11-9-16/h5-11,17H,3-4,12-13H2,1-2H3,(H,24,28)(H,25,29)/t17-/m0/s1. The highest BCUT2D eigenvalue weighted by atomic mass is 35.5. The maximum absolute atomic E-state index is 12.7.